The lowest BCUT2D eigenvalue weighted by Gasteiger charge is -2.10. The molecule has 2 N–H and O–H groups in total. The quantitative estimate of drug-likeness (QED) is 0.235. The Morgan fingerprint density at radius 2 is 1.96 bits per heavy atom. The smallest absolute Gasteiger partial charge is 0.191 e. The van der Waals surface area contributed by atoms with Crippen molar-refractivity contribution in [1.82, 2.24) is 20.4 Å². The molecule has 0 atom stereocenters. The van der Waals surface area contributed by atoms with E-state index in [1.807, 2.05) is 22.9 Å². The van der Waals surface area contributed by atoms with Gasteiger partial charge in [0, 0.05) is 39.5 Å². The van der Waals surface area contributed by atoms with Crippen molar-refractivity contribution < 1.29 is 4.74 Å². The number of nitrogens with one attached hydrogen (secondary N) is 2. The molecule has 7 heteroatoms. The molecule has 27 heavy (non-hydrogen) atoms. The minimum atomic E-state index is 0. The van der Waals surface area contributed by atoms with Gasteiger partial charge in [-0.3, -0.25) is 4.99 Å². The molecular formula is C20H32IN5O. The maximum atomic E-state index is 5.07. The first kappa shape index (κ1) is 23.4. The fourth-order valence-corrected chi connectivity index (χ4v) is 2.68. The van der Waals surface area contributed by atoms with E-state index >= 15 is 0 Å². The Hall–Kier alpha value is -1.61. The number of ether oxygens (including phenoxy) is 1. The lowest BCUT2D eigenvalue weighted by Crippen LogP contribution is -2.38. The number of rotatable bonds is 10. The number of aromatic nitrogens is 2. The van der Waals surface area contributed by atoms with E-state index in [-0.39, 0.29) is 24.0 Å². The number of halogens is 1. The zero-order chi connectivity index (χ0) is 18.6. The third-order valence-corrected chi connectivity index (χ3v) is 4.06. The summed E-state index contributed by atoms with van der Waals surface area (Å²) >= 11 is 0. The Morgan fingerprint density at radius 3 is 2.67 bits per heavy atom. The van der Waals surface area contributed by atoms with Gasteiger partial charge >= 0.3 is 0 Å². The van der Waals surface area contributed by atoms with E-state index in [4.69, 9.17) is 4.74 Å². The summed E-state index contributed by atoms with van der Waals surface area (Å²) in [4.78, 5) is 4.65. The van der Waals surface area contributed by atoms with Crippen LogP contribution in [0.2, 0.25) is 0 Å². The van der Waals surface area contributed by atoms with Gasteiger partial charge in [-0.15, -0.1) is 24.0 Å². The average Bonchev–Trinajstić information content (AvgIpc) is 3.03. The van der Waals surface area contributed by atoms with Crippen LogP contribution in [0.4, 0.5) is 0 Å². The third-order valence-electron chi connectivity index (χ3n) is 4.06. The number of benzene rings is 1. The molecule has 0 fully saturated rings. The molecule has 0 saturated heterocycles. The second kappa shape index (κ2) is 13.5. The molecule has 0 aliphatic carbocycles. The van der Waals surface area contributed by atoms with Gasteiger partial charge in [0.25, 0.3) is 0 Å². The van der Waals surface area contributed by atoms with Crippen molar-refractivity contribution >= 4 is 29.9 Å². The van der Waals surface area contributed by atoms with Gasteiger partial charge in [-0.1, -0.05) is 18.2 Å². The number of para-hydroxylation sites is 1. The molecule has 1 aromatic heterocycles. The van der Waals surface area contributed by atoms with E-state index < -0.39 is 0 Å². The second-order valence-electron chi connectivity index (χ2n) is 6.16. The average molecular weight is 485 g/mol. The first-order chi connectivity index (χ1) is 12.7. The Morgan fingerprint density at radius 1 is 1.19 bits per heavy atom. The fourth-order valence-electron chi connectivity index (χ4n) is 2.68. The van der Waals surface area contributed by atoms with Crippen LogP contribution in [0, 0.1) is 6.92 Å². The van der Waals surface area contributed by atoms with Crippen LogP contribution in [0.5, 0.6) is 0 Å². The lowest BCUT2D eigenvalue weighted by atomic mass is 10.1. The largest absolute Gasteiger partial charge is 0.385 e. The van der Waals surface area contributed by atoms with Crippen molar-refractivity contribution in [2.45, 2.75) is 33.1 Å². The minimum Gasteiger partial charge on any atom is -0.385 e. The standard InChI is InChI=1S/C20H31N5O.HI/c1-4-21-20(23-14-9-15-26-3)22-13-8-10-18-16-25(24-17(18)2)19-11-6-5-7-12-19;/h5-7,11-12,16H,4,8-10,13-15H2,1-3H3,(H2,21,22,23);1H. The van der Waals surface area contributed by atoms with Crippen molar-refractivity contribution in [1.29, 1.82) is 0 Å². The molecule has 0 aliphatic rings. The first-order valence-electron chi connectivity index (χ1n) is 9.36. The van der Waals surface area contributed by atoms with Crippen LogP contribution in [-0.4, -0.2) is 49.1 Å². The summed E-state index contributed by atoms with van der Waals surface area (Å²) in [6.07, 6.45) is 5.07. The molecular weight excluding hydrogens is 453 g/mol. The maximum Gasteiger partial charge on any atom is 0.191 e. The Balaban J connectivity index is 0.00000364. The summed E-state index contributed by atoms with van der Waals surface area (Å²) in [5, 5.41) is 11.2. The van der Waals surface area contributed by atoms with Crippen molar-refractivity contribution in [2.24, 2.45) is 4.99 Å². The van der Waals surface area contributed by atoms with Gasteiger partial charge < -0.3 is 15.4 Å². The molecule has 150 valence electrons. The molecule has 0 amide bonds. The highest BCUT2D eigenvalue weighted by Crippen LogP contribution is 2.13. The molecule has 6 nitrogen and oxygen atoms in total. The van der Waals surface area contributed by atoms with E-state index in [0.29, 0.717) is 0 Å². The molecule has 1 heterocycles. The van der Waals surface area contributed by atoms with E-state index in [9.17, 15) is 0 Å². The number of hydrogen-bond acceptors (Lipinski definition) is 3. The zero-order valence-electron chi connectivity index (χ0n) is 16.6. The molecule has 0 aliphatic heterocycles. The van der Waals surface area contributed by atoms with Crippen molar-refractivity contribution in [2.75, 3.05) is 33.4 Å². The topological polar surface area (TPSA) is 63.5 Å². The molecule has 0 unspecified atom stereocenters. The highest BCUT2D eigenvalue weighted by Gasteiger charge is 2.06. The molecule has 2 aromatic rings. The second-order valence-corrected chi connectivity index (χ2v) is 6.16. The van der Waals surface area contributed by atoms with Gasteiger partial charge in [0.1, 0.15) is 0 Å². The van der Waals surface area contributed by atoms with Crippen LogP contribution in [-0.2, 0) is 11.2 Å². The fraction of sp³-hybridized carbons (Fsp3) is 0.500. The summed E-state index contributed by atoms with van der Waals surface area (Å²) in [5.41, 5.74) is 3.46. The van der Waals surface area contributed by atoms with Gasteiger partial charge in [0.2, 0.25) is 0 Å². The van der Waals surface area contributed by atoms with Gasteiger partial charge in [-0.25, -0.2) is 4.68 Å². The Bertz CT molecular complexity index is 672. The van der Waals surface area contributed by atoms with Gasteiger partial charge in [0.15, 0.2) is 5.96 Å². The predicted octanol–water partition coefficient (Wildman–Crippen LogP) is 3.32. The van der Waals surface area contributed by atoms with E-state index in [1.165, 1.54) is 5.56 Å². The first-order valence-corrected chi connectivity index (χ1v) is 9.36. The van der Waals surface area contributed by atoms with Gasteiger partial charge in [-0.05, 0) is 50.8 Å². The van der Waals surface area contributed by atoms with Crippen LogP contribution in [0.3, 0.4) is 0 Å². The van der Waals surface area contributed by atoms with Crippen molar-refractivity contribution in [3.05, 3.63) is 47.8 Å². The molecule has 0 saturated carbocycles. The van der Waals surface area contributed by atoms with Gasteiger partial charge in [-0.2, -0.15) is 5.10 Å². The number of aryl methyl sites for hydroxylation is 2. The molecule has 0 spiro atoms. The number of methoxy groups -OCH3 is 1. The van der Waals surface area contributed by atoms with Gasteiger partial charge in [0.05, 0.1) is 11.4 Å². The van der Waals surface area contributed by atoms with Crippen molar-refractivity contribution in [3.63, 3.8) is 0 Å². The molecule has 2 rings (SSSR count). The van der Waals surface area contributed by atoms with E-state index in [2.05, 4.69) is 52.9 Å². The van der Waals surface area contributed by atoms with Crippen LogP contribution < -0.4 is 10.6 Å². The predicted molar refractivity (Wildman–Crippen MR) is 123 cm³/mol. The Labute approximate surface area is 179 Å². The van der Waals surface area contributed by atoms with Crippen LogP contribution >= 0.6 is 24.0 Å². The summed E-state index contributed by atoms with van der Waals surface area (Å²) in [6, 6.07) is 10.2. The molecule has 0 radical (unpaired) electrons. The highest BCUT2D eigenvalue weighted by atomic mass is 127. The van der Waals surface area contributed by atoms with E-state index in [1.54, 1.807) is 7.11 Å². The summed E-state index contributed by atoms with van der Waals surface area (Å²) in [7, 11) is 1.72. The summed E-state index contributed by atoms with van der Waals surface area (Å²) in [6.45, 7) is 7.42. The van der Waals surface area contributed by atoms with Crippen LogP contribution in [0.1, 0.15) is 31.0 Å². The SMILES string of the molecule is CCNC(=NCCCc1cn(-c2ccccc2)nc1C)NCCCOC.I. The maximum absolute atomic E-state index is 5.07. The number of nitrogens with zero attached hydrogens (tertiary/aromatic N) is 3. The van der Waals surface area contributed by atoms with Crippen molar-refractivity contribution in [3.8, 4) is 5.69 Å². The number of aliphatic imine (C=N–C) groups is 1. The zero-order valence-corrected chi connectivity index (χ0v) is 18.9. The number of hydrogen-bond donors (Lipinski definition) is 2. The summed E-state index contributed by atoms with van der Waals surface area (Å²) < 4.78 is 7.02. The lowest BCUT2D eigenvalue weighted by molar-refractivity contribution is 0.195. The molecule has 0 bridgehead atoms. The highest BCUT2D eigenvalue weighted by molar-refractivity contribution is 14.0. The van der Waals surface area contributed by atoms with E-state index in [0.717, 1.165) is 62.8 Å². The Kier molecular flexibility index (Phi) is 11.8. The minimum absolute atomic E-state index is 0. The summed E-state index contributed by atoms with van der Waals surface area (Å²) in [5.74, 6) is 0.875. The van der Waals surface area contributed by atoms with Crippen LogP contribution in [0.25, 0.3) is 5.69 Å². The third kappa shape index (κ3) is 8.30. The molecule has 1 aromatic carbocycles. The monoisotopic (exact) mass is 485 g/mol. The van der Waals surface area contributed by atoms with Crippen LogP contribution in [0.15, 0.2) is 41.5 Å². The number of guanidine groups is 1. The normalized spacial score (nSPS) is 11.1.